The molecule has 2 aromatic rings. The van der Waals surface area contributed by atoms with Crippen molar-refractivity contribution in [3.63, 3.8) is 0 Å². The van der Waals surface area contributed by atoms with E-state index in [-0.39, 0.29) is 36.1 Å². The van der Waals surface area contributed by atoms with Gasteiger partial charge in [-0.05, 0) is 55.0 Å². The number of hydrogen-bond donors (Lipinski definition) is 4. The highest BCUT2D eigenvalue weighted by atomic mass is 16.5. The van der Waals surface area contributed by atoms with Crippen LogP contribution < -0.4 is 14.2 Å². The van der Waals surface area contributed by atoms with Gasteiger partial charge in [0.2, 0.25) is 11.5 Å². The maximum Gasteiger partial charge on any atom is 0.209 e. The van der Waals surface area contributed by atoms with Gasteiger partial charge < -0.3 is 34.6 Å². The van der Waals surface area contributed by atoms with Gasteiger partial charge in [0.25, 0.3) is 0 Å². The normalized spacial score (nSPS) is 24.1. The first-order chi connectivity index (χ1) is 18.5. The van der Waals surface area contributed by atoms with E-state index in [2.05, 4.69) is 0 Å². The second kappa shape index (κ2) is 9.16. The number of Topliss-reactive ketones (excluding diaryl/α,β-unsaturated/α-hetero) is 3. The van der Waals surface area contributed by atoms with Gasteiger partial charge in [-0.15, -0.1) is 0 Å². The molecule has 0 spiro atoms. The fraction of sp³-hybridized carbons (Fsp3) is 0.345. The molecule has 0 unspecified atom stereocenters. The standard InChI is InChI=1S/C29H28O10/c1-12(30)21-19(32)11-14-9-13-10-17-15(16-6-8-20(37-2)26(39-4)25(16)38-3)5-7-18(31)23(17)24(33)22(13)28(35)29(14,36)27(21)34/h5-8,13-14,31-32,35-36H,9-11H2,1-4H3/t13-,14+,29-/m0/s1. The summed E-state index contributed by atoms with van der Waals surface area (Å²) in [6.07, 6.45) is 0.0230. The summed E-state index contributed by atoms with van der Waals surface area (Å²) in [6.45, 7) is 1.08. The summed E-state index contributed by atoms with van der Waals surface area (Å²) in [5.41, 5.74) is -1.75. The average molecular weight is 537 g/mol. The molecule has 3 aliphatic rings. The third-order valence-electron chi connectivity index (χ3n) is 8.05. The summed E-state index contributed by atoms with van der Waals surface area (Å²) >= 11 is 0. The predicted octanol–water partition coefficient (Wildman–Crippen LogP) is 3.38. The second-order valence-corrected chi connectivity index (χ2v) is 9.97. The van der Waals surface area contributed by atoms with Crippen molar-refractivity contribution in [2.24, 2.45) is 11.8 Å². The zero-order chi connectivity index (χ0) is 28.4. The first kappa shape index (κ1) is 26.3. The summed E-state index contributed by atoms with van der Waals surface area (Å²) in [5, 5.41) is 43.9. The number of aliphatic hydroxyl groups is 3. The van der Waals surface area contributed by atoms with Crippen molar-refractivity contribution in [3.05, 3.63) is 58.1 Å². The largest absolute Gasteiger partial charge is 0.511 e. The average Bonchev–Trinajstić information content (AvgIpc) is 2.89. The lowest BCUT2D eigenvalue weighted by molar-refractivity contribution is -0.144. The van der Waals surface area contributed by atoms with E-state index < -0.39 is 51.9 Å². The Hall–Kier alpha value is -4.31. The highest BCUT2D eigenvalue weighted by Crippen LogP contribution is 2.53. The van der Waals surface area contributed by atoms with Crippen molar-refractivity contribution < 1.29 is 49.0 Å². The van der Waals surface area contributed by atoms with Gasteiger partial charge in [0, 0.05) is 23.5 Å². The Morgan fingerprint density at radius 3 is 2.21 bits per heavy atom. The number of hydrogen-bond acceptors (Lipinski definition) is 10. The van der Waals surface area contributed by atoms with Gasteiger partial charge in [0.05, 0.1) is 26.9 Å². The van der Waals surface area contributed by atoms with Gasteiger partial charge in [0.15, 0.2) is 28.7 Å². The Morgan fingerprint density at radius 1 is 0.923 bits per heavy atom. The van der Waals surface area contributed by atoms with E-state index in [1.165, 1.54) is 27.4 Å². The van der Waals surface area contributed by atoms with Crippen LogP contribution in [-0.2, 0) is 16.0 Å². The van der Waals surface area contributed by atoms with E-state index in [0.717, 1.165) is 6.92 Å². The van der Waals surface area contributed by atoms with Crippen LogP contribution in [0.5, 0.6) is 23.0 Å². The van der Waals surface area contributed by atoms with Crippen LogP contribution in [0.4, 0.5) is 0 Å². The van der Waals surface area contributed by atoms with Crippen molar-refractivity contribution in [1.82, 2.24) is 0 Å². The molecule has 0 heterocycles. The SMILES string of the molecule is COc1ccc(-c2ccc(O)c3c2C[C@@H]2C[C@@H]4CC(O)=C(C(C)=O)C(=O)[C@]4(O)C(O)=C2C3=O)c(OC)c1OC. The minimum absolute atomic E-state index is 0.0697. The van der Waals surface area contributed by atoms with Crippen molar-refractivity contribution >= 4 is 17.3 Å². The van der Waals surface area contributed by atoms with E-state index in [9.17, 15) is 34.8 Å². The van der Waals surface area contributed by atoms with Gasteiger partial charge in [-0.1, -0.05) is 6.07 Å². The van der Waals surface area contributed by atoms with Crippen LogP contribution in [0.2, 0.25) is 0 Å². The topological polar surface area (TPSA) is 160 Å². The molecule has 0 saturated heterocycles. The lowest BCUT2D eigenvalue weighted by atomic mass is 9.60. The van der Waals surface area contributed by atoms with Crippen molar-refractivity contribution in [2.45, 2.75) is 31.8 Å². The molecule has 0 aromatic heterocycles. The maximum atomic E-state index is 13.8. The molecule has 204 valence electrons. The summed E-state index contributed by atoms with van der Waals surface area (Å²) in [7, 11) is 4.43. The van der Waals surface area contributed by atoms with E-state index in [1.807, 2.05) is 0 Å². The Labute approximate surface area is 223 Å². The molecule has 4 N–H and O–H groups in total. The molecule has 10 heteroatoms. The molecule has 0 amide bonds. The monoisotopic (exact) mass is 536 g/mol. The minimum Gasteiger partial charge on any atom is -0.511 e. The van der Waals surface area contributed by atoms with E-state index in [1.54, 1.807) is 18.2 Å². The second-order valence-electron chi connectivity index (χ2n) is 9.97. The number of ether oxygens (including phenoxy) is 3. The molecule has 0 fully saturated rings. The summed E-state index contributed by atoms with van der Waals surface area (Å²) in [6, 6.07) is 6.43. The first-order valence-corrected chi connectivity index (χ1v) is 12.3. The van der Waals surface area contributed by atoms with Gasteiger partial charge >= 0.3 is 0 Å². The van der Waals surface area contributed by atoms with Gasteiger partial charge in [-0.3, -0.25) is 14.4 Å². The van der Waals surface area contributed by atoms with Crippen LogP contribution >= 0.6 is 0 Å². The number of aromatic hydroxyl groups is 1. The molecule has 0 bridgehead atoms. The zero-order valence-corrected chi connectivity index (χ0v) is 21.8. The molecule has 0 aliphatic heterocycles. The van der Waals surface area contributed by atoms with Gasteiger partial charge in [-0.25, -0.2) is 0 Å². The molecule has 10 nitrogen and oxygen atoms in total. The number of ketones is 3. The molecular formula is C29H28O10. The smallest absolute Gasteiger partial charge is 0.209 e. The zero-order valence-electron chi connectivity index (χ0n) is 21.8. The Morgan fingerprint density at radius 2 is 1.59 bits per heavy atom. The number of fused-ring (bicyclic) bond motifs is 3. The third kappa shape index (κ3) is 3.55. The number of aliphatic hydroxyl groups excluding tert-OH is 2. The highest BCUT2D eigenvalue weighted by Gasteiger charge is 2.59. The van der Waals surface area contributed by atoms with E-state index >= 15 is 0 Å². The molecule has 0 radical (unpaired) electrons. The first-order valence-electron chi connectivity index (χ1n) is 12.3. The number of benzene rings is 2. The number of methoxy groups -OCH3 is 3. The minimum atomic E-state index is -2.54. The van der Waals surface area contributed by atoms with Crippen LogP contribution in [0.15, 0.2) is 46.9 Å². The van der Waals surface area contributed by atoms with Crippen LogP contribution in [0.1, 0.15) is 35.7 Å². The number of phenols is 1. The Bertz CT molecular complexity index is 1510. The van der Waals surface area contributed by atoms with Gasteiger partial charge in [-0.2, -0.15) is 0 Å². The van der Waals surface area contributed by atoms with Crippen LogP contribution in [0, 0.1) is 11.8 Å². The van der Waals surface area contributed by atoms with E-state index in [4.69, 9.17) is 14.2 Å². The van der Waals surface area contributed by atoms with Crippen molar-refractivity contribution in [3.8, 4) is 34.1 Å². The Balaban J connectivity index is 1.70. The number of rotatable bonds is 5. The maximum absolute atomic E-state index is 13.8. The third-order valence-corrected chi connectivity index (χ3v) is 8.05. The quantitative estimate of drug-likeness (QED) is 0.417. The van der Waals surface area contributed by atoms with Crippen molar-refractivity contribution in [1.29, 1.82) is 0 Å². The Kier molecular flexibility index (Phi) is 6.18. The summed E-state index contributed by atoms with van der Waals surface area (Å²) in [4.78, 5) is 39.1. The van der Waals surface area contributed by atoms with E-state index in [0.29, 0.717) is 33.9 Å². The number of phenolic OH excluding ortho intramolecular Hbond substituents is 1. The lowest BCUT2D eigenvalue weighted by Crippen LogP contribution is -2.56. The van der Waals surface area contributed by atoms with Crippen LogP contribution in [0.25, 0.3) is 11.1 Å². The molecule has 39 heavy (non-hydrogen) atoms. The predicted molar refractivity (Wildman–Crippen MR) is 137 cm³/mol. The molecule has 0 saturated carbocycles. The molecule has 3 aliphatic carbocycles. The van der Waals surface area contributed by atoms with Gasteiger partial charge in [0.1, 0.15) is 22.8 Å². The molecule has 2 aromatic carbocycles. The van der Waals surface area contributed by atoms with Crippen molar-refractivity contribution in [2.75, 3.05) is 21.3 Å². The number of allylic oxidation sites excluding steroid dienone is 2. The molecular weight excluding hydrogens is 508 g/mol. The summed E-state index contributed by atoms with van der Waals surface area (Å²) in [5.74, 6) is -4.73. The van der Waals surface area contributed by atoms with Crippen LogP contribution in [-0.4, -0.2) is 64.7 Å². The van der Waals surface area contributed by atoms with Crippen LogP contribution in [0.3, 0.4) is 0 Å². The molecule has 5 rings (SSSR count). The summed E-state index contributed by atoms with van der Waals surface area (Å²) < 4.78 is 16.5. The molecule has 3 atom stereocenters. The fourth-order valence-corrected chi connectivity index (χ4v) is 6.29. The highest BCUT2D eigenvalue weighted by molar-refractivity contribution is 6.25. The fourth-order valence-electron chi connectivity index (χ4n) is 6.29. The lowest BCUT2D eigenvalue weighted by Gasteiger charge is -2.45. The number of carbonyl (C=O) groups is 3. The number of carbonyl (C=O) groups excluding carboxylic acids is 3.